The summed E-state index contributed by atoms with van der Waals surface area (Å²) in [6, 6.07) is 5.89. The van der Waals surface area contributed by atoms with Crippen LogP contribution < -0.4 is 0 Å². The molecule has 5 nitrogen and oxygen atoms in total. The maximum absolute atomic E-state index is 4.66. The molecule has 0 aliphatic heterocycles. The van der Waals surface area contributed by atoms with E-state index in [2.05, 4.69) is 30.5 Å². The minimum Gasteiger partial charge on any atom is -0.262 e. The summed E-state index contributed by atoms with van der Waals surface area (Å²) in [7, 11) is 0. The molecule has 1 aliphatic rings. The van der Waals surface area contributed by atoms with E-state index in [0.29, 0.717) is 0 Å². The number of aromatic amines is 1. The van der Waals surface area contributed by atoms with Crippen molar-refractivity contribution in [2.24, 2.45) is 5.92 Å². The molecule has 0 amide bonds. The van der Waals surface area contributed by atoms with Gasteiger partial charge in [0.1, 0.15) is 10.8 Å². The van der Waals surface area contributed by atoms with E-state index in [1.165, 1.54) is 32.1 Å². The van der Waals surface area contributed by atoms with Gasteiger partial charge in [-0.2, -0.15) is 0 Å². The molecule has 1 aliphatic carbocycles. The van der Waals surface area contributed by atoms with Crippen molar-refractivity contribution in [3.05, 3.63) is 41.3 Å². The highest BCUT2D eigenvalue weighted by Gasteiger charge is 2.15. The van der Waals surface area contributed by atoms with E-state index in [4.69, 9.17) is 0 Å². The first-order chi connectivity index (χ1) is 12.4. The Morgan fingerprint density at radius 2 is 2.12 bits per heavy atom. The Bertz CT molecular complexity index is 793. The monoisotopic (exact) mass is 371 g/mol. The first-order valence-corrected chi connectivity index (χ1v) is 10.6. The van der Waals surface area contributed by atoms with Gasteiger partial charge in [0.15, 0.2) is 0 Å². The second-order valence-corrected chi connectivity index (χ2v) is 8.20. The molecule has 0 unspecified atom stereocenters. The van der Waals surface area contributed by atoms with E-state index in [9.17, 15) is 0 Å². The standard InChI is InChI=1S/C18H21N5S2/c1-2-6-13(5-1)8-9-16-21-18(23-22-16)25-12-14-11-24-17(20-14)15-7-3-4-10-19-15/h3-4,7,10-11,13H,1-2,5-6,8-9,12H2,(H,21,22,23). The smallest absolute Gasteiger partial charge is 0.208 e. The maximum Gasteiger partial charge on any atom is 0.208 e. The third-order valence-electron chi connectivity index (χ3n) is 4.56. The fourth-order valence-electron chi connectivity index (χ4n) is 3.21. The van der Waals surface area contributed by atoms with Crippen LogP contribution in [0.2, 0.25) is 0 Å². The number of thiazole rings is 1. The van der Waals surface area contributed by atoms with Gasteiger partial charge in [-0.25, -0.2) is 9.97 Å². The van der Waals surface area contributed by atoms with Gasteiger partial charge in [0.2, 0.25) is 5.16 Å². The van der Waals surface area contributed by atoms with Crippen molar-refractivity contribution in [2.45, 2.75) is 49.4 Å². The summed E-state index contributed by atoms with van der Waals surface area (Å²) in [5.74, 6) is 2.69. The van der Waals surface area contributed by atoms with E-state index >= 15 is 0 Å². The fraction of sp³-hybridized carbons (Fsp3) is 0.444. The summed E-state index contributed by atoms with van der Waals surface area (Å²) < 4.78 is 0. The van der Waals surface area contributed by atoms with Gasteiger partial charge < -0.3 is 0 Å². The van der Waals surface area contributed by atoms with Crippen molar-refractivity contribution >= 4 is 23.1 Å². The van der Waals surface area contributed by atoms with Crippen LogP contribution in [0.1, 0.15) is 43.6 Å². The van der Waals surface area contributed by atoms with Crippen LogP contribution in [-0.2, 0) is 12.2 Å². The Kier molecular flexibility index (Phi) is 5.42. The van der Waals surface area contributed by atoms with Gasteiger partial charge in [-0.15, -0.1) is 16.4 Å². The Morgan fingerprint density at radius 1 is 1.20 bits per heavy atom. The number of hydrogen-bond acceptors (Lipinski definition) is 6. The Morgan fingerprint density at radius 3 is 2.96 bits per heavy atom. The van der Waals surface area contributed by atoms with Crippen LogP contribution >= 0.6 is 23.1 Å². The van der Waals surface area contributed by atoms with Gasteiger partial charge in [0.25, 0.3) is 0 Å². The molecule has 25 heavy (non-hydrogen) atoms. The second kappa shape index (κ2) is 8.10. The lowest BCUT2D eigenvalue weighted by Crippen LogP contribution is -1.97. The number of nitrogens with one attached hydrogen (secondary N) is 1. The lowest BCUT2D eigenvalue weighted by atomic mass is 10.0. The van der Waals surface area contributed by atoms with Crippen LogP contribution in [0.4, 0.5) is 0 Å². The first kappa shape index (κ1) is 16.7. The minimum atomic E-state index is 0.781. The largest absolute Gasteiger partial charge is 0.262 e. The summed E-state index contributed by atoms with van der Waals surface area (Å²) in [4.78, 5) is 13.6. The summed E-state index contributed by atoms with van der Waals surface area (Å²) >= 11 is 3.26. The van der Waals surface area contributed by atoms with E-state index in [1.807, 2.05) is 18.2 Å². The third kappa shape index (κ3) is 4.46. The normalized spacial score (nSPS) is 15.0. The SMILES string of the molecule is c1ccc(-c2nc(CSc3n[nH]c(CCC4CCCC4)n3)cs2)nc1. The second-order valence-electron chi connectivity index (χ2n) is 6.40. The van der Waals surface area contributed by atoms with Gasteiger partial charge in [0, 0.05) is 23.8 Å². The number of H-pyrrole nitrogens is 1. The molecular formula is C18H21N5S2. The van der Waals surface area contributed by atoms with Crippen molar-refractivity contribution < 1.29 is 0 Å². The minimum absolute atomic E-state index is 0.781. The van der Waals surface area contributed by atoms with E-state index in [0.717, 1.165) is 45.5 Å². The van der Waals surface area contributed by atoms with Crippen LogP contribution in [0, 0.1) is 5.92 Å². The highest BCUT2D eigenvalue weighted by molar-refractivity contribution is 7.98. The average molecular weight is 372 g/mol. The molecule has 1 saturated carbocycles. The van der Waals surface area contributed by atoms with Crippen molar-refractivity contribution in [2.75, 3.05) is 0 Å². The van der Waals surface area contributed by atoms with Crippen molar-refractivity contribution in [1.82, 2.24) is 25.1 Å². The summed E-state index contributed by atoms with van der Waals surface area (Å²) in [5.41, 5.74) is 1.98. The quantitative estimate of drug-likeness (QED) is 0.608. The fourth-order valence-corrected chi connectivity index (χ4v) is 4.82. The van der Waals surface area contributed by atoms with Gasteiger partial charge in [-0.3, -0.25) is 10.1 Å². The molecule has 0 bridgehead atoms. The van der Waals surface area contributed by atoms with Crippen LogP contribution in [-0.4, -0.2) is 25.1 Å². The van der Waals surface area contributed by atoms with Crippen molar-refractivity contribution in [3.63, 3.8) is 0 Å². The zero-order valence-corrected chi connectivity index (χ0v) is 15.7. The highest BCUT2D eigenvalue weighted by atomic mass is 32.2. The molecule has 4 rings (SSSR count). The van der Waals surface area contributed by atoms with Gasteiger partial charge >= 0.3 is 0 Å². The molecule has 0 atom stereocenters. The molecule has 0 saturated heterocycles. The predicted octanol–water partition coefficient (Wildman–Crippen LogP) is 4.74. The summed E-state index contributed by atoms with van der Waals surface area (Å²) in [5, 5.41) is 11.3. The molecule has 3 aromatic rings. The van der Waals surface area contributed by atoms with Crippen molar-refractivity contribution in [1.29, 1.82) is 0 Å². The number of aryl methyl sites for hydroxylation is 1. The topological polar surface area (TPSA) is 67.3 Å². The lowest BCUT2D eigenvalue weighted by molar-refractivity contribution is 0.497. The Balaban J connectivity index is 1.29. The molecule has 0 spiro atoms. The zero-order valence-electron chi connectivity index (χ0n) is 14.0. The van der Waals surface area contributed by atoms with Gasteiger partial charge in [-0.1, -0.05) is 43.5 Å². The van der Waals surface area contributed by atoms with E-state index < -0.39 is 0 Å². The molecule has 3 heterocycles. The number of aromatic nitrogens is 5. The van der Waals surface area contributed by atoms with Crippen molar-refractivity contribution in [3.8, 4) is 10.7 Å². The molecule has 1 fully saturated rings. The molecule has 1 N–H and O–H groups in total. The number of hydrogen-bond donors (Lipinski definition) is 1. The van der Waals surface area contributed by atoms with E-state index in [-0.39, 0.29) is 0 Å². The van der Waals surface area contributed by atoms with Gasteiger partial charge in [0.05, 0.1) is 11.4 Å². The molecule has 0 aromatic carbocycles. The number of nitrogens with zero attached hydrogens (tertiary/aromatic N) is 4. The summed E-state index contributed by atoms with van der Waals surface area (Å²) in [6.07, 6.45) is 9.62. The first-order valence-electron chi connectivity index (χ1n) is 8.77. The van der Waals surface area contributed by atoms with Crippen LogP contribution in [0.25, 0.3) is 10.7 Å². The van der Waals surface area contributed by atoms with Crippen LogP contribution in [0.15, 0.2) is 34.9 Å². The number of thioether (sulfide) groups is 1. The molecule has 3 aromatic heterocycles. The number of rotatable bonds is 7. The molecular weight excluding hydrogens is 350 g/mol. The predicted molar refractivity (Wildman–Crippen MR) is 102 cm³/mol. The number of pyridine rings is 1. The van der Waals surface area contributed by atoms with Gasteiger partial charge in [-0.05, 0) is 24.5 Å². The molecule has 130 valence electrons. The summed E-state index contributed by atoms with van der Waals surface area (Å²) in [6.45, 7) is 0. The maximum atomic E-state index is 4.66. The molecule has 7 heteroatoms. The Hall–Kier alpha value is -1.73. The lowest BCUT2D eigenvalue weighted by Gasteiger charge is -2.05. The third-order valence-corrected chi connectivity index (χ3v) is 6.35. The zero-order chi connectivity index (χ0) is 16.9. The van der Waals surface area contributed by atoms with Crippen LogP contribution in [0.3, 0.4) is 0 Å². The average Bonchev–Trinajstić information content (AvgIpc) is 3.40. The van der Waals surface area contributed by atoms with Crippen LogP contribution in [0.5, 0.6) is 0 Å². The van der Waals surface area contributed by atoms with E-state index in [1.54, 1.807) is 29.3 Å². The molecule has 0 radical (unpaired) electrons. The Labute approximate surface area is 155 Å². The highest BCUT2D eigenvalue weighted by Crippen LogP contribution is 2.29.